The summed E-state index contributed by atoms with van der Waals surface area (Å²) in [6.45, 7) is 4.54. The number of aryl methyl sites for hydroxylation is 2. The molecule has 0 unspecified atom stereocenters. The summed E-state index contributed by atoms with van der Waals surface area (Å²) in [5.41, 5.74) is 1.73. The molecule has 0 saturated heterocycles. The summed E-state index contributed by atoms with van der Waals surface area (Å²) in [5.74, 6) is -0.206. The van der Waals surface area contributed by atoms with Crippen LogP contribution in [0.25, 0.3) is 0 Å². The third kappa shape index (κ3) is 2.79. The molecular formula is C12H13FN2S. The van der Waals surface area contributed by atoms with E-state index >= 15 is 0 Å². The molecule has 4 heteroatoms. The smallest absolute Gasteiger partial charge is 0.125 e. The number of aromatic nitrogens is 1. The molecule has 2 aromatic rings. The molecule has 0 aliphatic carbocycles. The quantitative estimate of drug-likeness (QED) is 0.882. The second-order valence-corrected chi connectivity index (χ2v) is 5.04. The van der Waals surface area contributed by atoms with Gasteiger partial charge in [0.25, 0.3) is 0 Å². The number of thiazole rings is 1. The SMILES string of the molecule is Cc1cc(F)cc(NCc2cnc(C)s2)c1. The summed E-state index contributed by atoms with van der Waals surface area (Å²) in [4.78, 5) is 5.32. The topological polar surface area (TPSA) is 24.9 Å². The molecule has 0 aliphatic rings. The van der Waals surface area contributed by atoms with Crippen molar-refractivity contribution in [1.82, 2.24) is 4.98 Å². The maximum absolute atomic E-state index is 13.1. The highest BCUT2D eigenvalue weighted by molar-refractivity contribution is 7.11. The molecule has 84 valence electrons. The van der Waals surface area contributed by atoms with Crippen LogP contribution in [0.3, 0.4) is 0 Å². The first-order valence-electron chi connectivity index (χ1n) is 5.06. The van der Waals surface area contributed by atoms with Crippen molar-refractivity contribution >= 4 is 17.0 Å². The van der Waals surface area contributed by atoms with Crippen LogP contribution in [-0.2, 0) is 6.54 Å². The van der Waals surface area contributed by atoms with Gasteiger partial charge in [-0.05, 0) is 37.6 Å². The minimum absolute atomic E-state index is 0.206. The predicted octanol–water partition coefficient (Wildman–Crippen LogP) is 3.51. The van der Waals surface area contributed by atoms with E-state index in [2.05, 4.69) is 10.3 Å². The Morgan fingerprint density at radius 2 is 2.12 bits per heavy atom. The lowest BCUT2D eigenvalue weighted by Crippen LogP contribution is -1.98. The monoisotopic (exact) mass is 236 g/mol. The molecule has 0 spiro atoms. The molecule has 1 aromatic heterocycles. The average Bonchev–Trinajstić information content (AvgIpc) is 2.60. The van der Waals surface area contributed by atoms with Gasteiger partial charge in [-0.25, -0.2) is 9.37 Å². The van der Waals surface area contributed by atoms with E-state index in [0.29, 0.717) is 6.54 Å². The van der Waals surface area contributed by atoms with Crippen LogP contribution in [0, 0.1) is 19.7 Å². The molecule has 16 heavy (non-hydrogen) atoms. The van der Waals surface area contributed by atoms with Gasteiger partial charge >= 0.3 is 0 Å². The molecule has 0 amide bonds. The molecular weight excluding hydrogens is 223 g/mol. The Balaban J connectivity index is 2.04. The lowest BCUT2D eigenvalue weighted by molar-refractivity contribution is 0.627. The largest absolute Gasteiger partial charge is 0.380 e. The molecule has 0 atom stereocenters. The van der Waals surface area contributed by atoms with Crippen molar-refractivity contribution in [3.63, 3.8) is 0 Å². The first-order chi connectivity index (χ1) is 7.63. The van der Waals surface area contributed by atoms with Gasteiger partial charge in [-0.1, -0.05) is 0 Å². The summed E-state index contributed by atoms with van der Waals surface area (Å²) < 4.78 is 13.1. The zero-order valence-corrected chi connectivity index (χ0v) is 10.1. The molecule has 0 bridgehead atoms. The van der Waals surface area contributed by atoms with Gasteiger partial charge in [0.2, 0.25) is 0 Å². The molecule has 0 saturated carbocycles. The lowest BCUT2D eigenvalue weighted by Gasteiger charge is -2.05. The van der Waals surface area contributed by atoms with Crippen LogP contribution < -0.4 is 5.32 Å². The van der Waals surface area contributed by atoms with Crippen LogP contribution in [-0.4, -0.2) is 4.98 Å². The molecule has 0 fully saturated rings. The first-order valence-corrected chi connectivity index (χ1v) is 5.87. The summed E-state index contributed by atoms with van der Waals surface area (Å²) >= 11 is 1.65. The van der Waals surface area contributed by atoms with Crippen LogP contribution in [0.4, 0.5) is 10.1 Å². The highest BCUT2D eigenvalue weighted by atomic mass is 32.1. The van der Waals surface area contributed by atoms with Crippen molar-refractivity contribution in [2.24, 2.45) is 0 Å². The van der Waals surface area contributed by atoms with E-state index in [1.807, 2.05) is 26.1 Å². The van der Waals surface area contributed by atoms with Crippen LogP contribution in [0.1, 0.15) is 15.4 Å². The zero-order valence-electron chi connectivity index (χ0n) is 9.25. The van der Waals surface area contributed by atoms with Gasteiger partial charge in [0.05, 0.1) is 11.6 Å². The fraction of sp³-hybridized carbons (Fsp3) is 0.250. The maximum atomic E-state index is 13.1. The van der Waals surface area contributed by atoms with E-state index in [0.717, 1.165) is 21.1 Å². The molecule has 1 N–H and O–H groups in total. The Morgan fingerprint density at radius 1 is 1.31 bits per heavy atom. The number of nitrogens with one attached hydrogen (secondary N) is 1. The van der Waals surface area contributed by atoms with Crippen molar-refractivity contribution in [2.75, 3.05) is 5.32 Å². The molecule has 0 radical (unpaired) electrons. The number of anilines is 1. The van der Waals surface area contributed by atoms with Gasteiger partial charge < -0.3 is 5.32 Å². The van der Waals surface area contributed by atoms with Crippen LogP contribution in [0.2, 0.25) is 0 Å². The van der Waals surface area contributed by atoms with E-state index < -0.39 is 0 Å². The van der Waals surface area contributed by atoms with Crippen molar-refractivity contribution in [2.45, 2.75) is 20.4 Å². The van der Waals surface area contributed by atoms with E-state index in [-0.39, 0.29) is 5.82 Å². The molecule has 2 rings (SSSR count). The second kappa shape index (κ2) is 4.61. The fourth-order valence-corrected chi connectivity index (χ4v) is 2.25. The van der Waals surface area contributed by atoms with Crippen molar-refractivity contribution in [1.29, 1.82) is 0 Å². The Bertz CT molecular complexity index is 473. The number of benzene rings is 1. The number of hydrogen-bond donors (Lipinski definition) is 1. The number of nitrogens with zero attached hydrogens (tertiary/aromatic N) is 1. The summed E-state index contributed by atoms with van der Waals surface area (Å²) in [7, 11) is 0. The Hall–Kier alpha value is -1.42. The van der Waals surface area contributed by atoms with Crippen LogP contribution in [0.15, 0.2) is 24.4 Å². The minimum atomic E-state index is -0.206. The second-order valence-electron chi connectivity index (χ2n) is 3.72. The molecule has 1 aromatic carbocycles. The van der Waals surface area contributed by atoms with Gasteiger partial charge in [-0.15, -0.1) is 11.3 Å². The Kier molecular flexibility index (Phi) is 3.19. The maximum Gasteiger partial charge on any atom is 0.125 e. The van der Waals surface area contributed by atoms with Crippen LogP contribution >= 0.6 is 11.3 Å². The van der Waals surface area contributed by atoms with E-state index in [1.54, 1.807) is 11.3 Å². The molecule has 0 aliphatic heterocycles. The number of rotatable bonds is 3. The lowest BCUT2D eigenvalue weighted by atomic mass is 10.2. The van der Waals surface area contributed by atoms with Crippen LogP contribution in [0.5, 0.6) is 0 Å². The van der Waals surface area contributed by atoms with Gasteiger partial charge in [0, 0.05) is 16.8 Å². The number of hydrogen-bond acceptors (Lipinski definition) is 3. The van der Waals surface area contributed by atoms with Crippen molar-refractivity contribution < 1.29 is 4.39 Å². The van der Waals surface area contributed by atoms with Gasteiger partial charge in [0.1, 0.15) is 5.82 Å². The standard InChI is InChI=1S/C12H13FN2S/c1-8-3-10(13)5-11(4-8)15-7-12-6-14-9(2)16-12/h3-6,15H,7H2,1-2H3. The number of halogens is 1. The van der Waals surface area contributed by atoms with E-state index in [1.165, 1.54) is 12.1 Å². The average molecular weight is 236 g/mol. The van der Waals surface area contributed by atoms with E-state index in [9.17, 15) is 4.39 Å². The van der Waals surface area contributed by atoms with Gasteiger partial charge in [-0.2, -0.15) is 0 Å². The third-order valence-electron chi connectivity index (χ3n) is 2.18. The van der Waals surface area contributed by atoms with Crippen molar-refractivity contribution in [3.8, 4) is 0 Å². The molecule has 2 nitrogen and oxygen atoms in total. The van der Waals surface area contributed by atoms with E-state index in [4.69, 9.17) is 0 Å². The first kappa shape index (κ1) is 11.1. The molecule has 1 heterocycles. The Morgan fingerprint density at radius 3 is 2.75 bits per heavy atom. The fourth-order valence-electron chi connectivity index (χ4n) is 1.51. The highest BCUT2D eigenvalue weighted by Gasteiger charge is 2.00. The predicted molar refractivity (Wildman–Crippen MR) is 65.3 cm³/mol. The van der Waals surface area contributed by atoms with Gasteiger partial charge in [-0.3, -0.25) is 0 Å². The minimum Gasteiger partial charge on any atom is -0.380 e. The van der Waals surface area contributed by atoms with Crippen molar-refractivity contribution in [3.05, 3.63) is 45.7 Å². The summed E-state index contributed by atoms with van der Waals surface area (Å²) in [6, 6.07) is 4.94. The van der Waals surface area contributed by atoms with Gasteiger partial charge in [0.15, 0.2) is 0 Å². The zero-order chi connectivity index (χ0) is 11.5. The third-order valence-corrected chi connectivity index (χ3v) is 3.09. The summed E-state index contributed by atoms with van der Waals surface area (Å²) in [6.07, 6.45) is 1.85. The highest BCUT2D eigenvalue weighted by Crippen LogP contribution is 2.16. The summed E-state index contributed by atoms with van der Waals surface area (Å²) in [5, 5.41) is 4.23. The Labute approximate surface area is 98.2 Å². The normalized spacial score (nSPS) is 10.4.